The fourth-order valence-corrected chi connectivity index (χ4v) is 1.93. The van der Waals surface area contributed by atoms with Crippen LogP contribution in [0.2, 0.25) is 0 Å². The van der Waals surface area contributed by atoms with Crippen LogP contribution in [-0.2, 0) is 6.18 Å². The van der Waals surface area contributed by atoms with Crippen LogP contribution >= 0.6 is 0 Å². The molecule has 0 radical (unpaired) electrons. The summed E-state index contributed by atoms with van der Waals surface area (Å²) in [7, 11) is 0. The van der Waals surface area contributed by atoms with Crippen molar-refractivity contribution in [2.75, 3.05) is 0 Å². The van der Waals surface area contributed by atoms with Crippen LogP contribution in [0, 0.1) is 0 Å². The summed E-state index contributed by atoms with van der Waals surface area (Å²) in [5.74, 6) is -0.386. The van der Waals surface area contributed by atoms with Crippen LogP contribution in [0.25, 0.3) is 0 Å². The zero-order valence-corrected chi connectivity index (χ0v) is 8.33. The third-order valence-electron chi connectivity index (χ3n) is 2.86. The van der Waals surface area contributed by atoms with Gasteiger partial charge in [0.25, 0.3) is 0 Å². The van der Waals surface area contributed by atoms with Gasteiger partial charge >= 0.3 is 6.18 Å². The van der Waals surface area contributed by atoms with E-state index < -0.39 is 11.7 Å². The molecule has 0 heterocycles. The van der Waals surface area contributed by atoms with Gasteiger partial charge in [-0.2, -0.15) is 13.2 Å². The summed E-state index contributed by atoms with van der Waals surface area (Å²) in [5.41, 5.74) is -0.00778. The van der Waals surface area contributed by atoms with E-state index in [0.29, 0.717) is 18.6 Å². The molecule has 2 nitrogen and oxygen atoms in total. The molecular weight excluding hydrogens is 219 g/mol. The standard InChI is InChI=1S/C11H10F3NO/c12-11(13,14)9-4-2-1-3-7(9)8-5-6-10(8)15-16/h1-4,8,16H,5-6H2/b15-10-. The molecule has 1 atom stereocenters. The van der Waals surface area contributed by atoms with E-state index in [0.717, 1.165) is 6.07 Å². The molecule has 5 heteroatoms. The highest BCUT2D eigenvalue weighted by atomic mass is 19.4. The molecule has 1 fully saturated rings. The molecule has 1 aliphatic rings. The van der Waals surface area contributed by atoms with Crippen molar-refractivity contribution in [3.63, 3.8) is 0 Å². The number of halogens is 3. The van der Waals surface area contributed by atoms with E-state index in [4.69, 9.17) is 5.21 Å². The van der Waals surface area contributed by atoms with Gasteiger partial charge in [-0.3, -0.25) is 0 Å². The maximum Gasteiger partial charge on any atom is 0.416 e. The number of hydrogen-bond acceptors (Lipinski definition) is 2. The van der Waals surface area contributed by atoms with Crippen LogP contribution in [0.1, 0.15) is 29.9 Å². The maximum atomic E-state index is 12.7. The van der Waals surface area contributed by atoms with Crippen molar-refractivity contribution < 1.29 is 18.4 Å². The Morgan fingerprint density at radius 1 is 1.25 bits per heavy atom. The smallest absolute Gasteiger partial charge is 0.411 e. The van der Waals surface area contributed by atoms with Gasteiger partial charge in [-0.25, -0.2) is 0 Å². The van der Waals surface area contributed by atoms with Crippen molar-refractivity contribution in [1.29, 1.82) is 0 Å². The molecule has 0 aliphatic heterocycles. The topological polar surface area (TPSA) is 32.6 Å². The van der Waals surface area contributed by atoms with Gasteiger partial charge < -0.3 is 5.21 Å². The number of hydrogen-bond donors (Lipinski definition) is 1. The molecular formula is C11H10F3NO. The fraction of sp³-hybridized carbons (Fsp3) is 0.364. The van der Waals surface area contributed by atoms with Crippen molar-refractivity contribution in [3.8, 4) is 0 Å². The van der Waals surface area contributed by atoms with Crippen molar-refractivity contribution in [2.24, 2.45) is 5.16 Å². The van der Waals surface area contributed by atoms with Gasteiger partial charge in [0, 0.05) is 5.92 Å². The zero-order chi connectivity index (χ0) is 11.8. The van der Waals surface area contributed by atoms with Crippen molar-refractivity contribution in [1.82, 2.24) is 0 Å². The molecule has 1 aromatic rings. The Hall–Kier alpha value is -1.52. The van der Waals surface area contributed by atoms with Crippen LogP contribution in [0.5, 0.6) is 0 Å². The lowest BCUT2D eigenvalue weighted by Crippen LogP contribution is -2.26. The first-order chi connectivity index (χ1) is 7.54. The Bertz CT molecular complexity index is 425. The number of benzene rings is 1. The minimum absolute atomic E-state index is 0.203. The minimum atomic E-state index is -4.35. The molecule has 0 aromatic heterocycles. The average Bonchev–Trinajstić information content (AvgIpc) is 2.16. The van der Waals surface area contributed by atoms with E-state index in [2.05, 4.69) is 5.16 Å². The van der Waals surface area contributed by atoms with E-state index in [9.17, 15) is 13.2 Å². The molecule has 86 valence electrons. The highest BCUT2D eigenvalue weighted by Gasteiger charge is 2.38. The molecule has 0 spiro atoms. The molecule has 0 amide bonds. The average molecular weight is 229 g/mol. The zero-order valence-electron chi connectivity index (χ0n) is 8.33. The summed E-state index contributed by atoms with van der Waals surface area (Å²) in [6.07, 6.45) is -3.19. The molecule has 1 unspecified atom stereocenters. The predicted molar refractivity (Wildman–Crippen MR) is 52.6 cm³/mol. The molecule has 1 saturated carbocycles. The summed E-state index contributed by atoms with van der Waals surface area (Å²) in [6, 6.07) is 5.43. The summed E-state index contributed by atoms with van der Waals surface area (Å²) < 4.78 is 38.1. The van der Waals surface area contributed by atoms with E-state index in [1.54, 1.807) is 6.07 Å². The Labute approximate surface area is 90.4 Å². The third-order valence-corrected chi connectivity index (χ3v) is 2.86. The van der Waals surface area contributed by atoms with E-state index >= 15 is 0 Å². The largest absolute Gasteiger partial charge is 0.416 e. The molecule has 2 rings (SSSR count). The number of nitrogens with zero attached hydrogens (tertiary/aromatic N) is 1. The van der Waals surface area contributed by atoms with Crippen LogP contribution in [0.15, 0.2) is 29.4 Å². The second-order valence-electron chi connectivity index (χ2n) is 3.77. The predicted octanol–water partition coefficient (Wildman–Crippen LogP) is 3.41. The highest BCUT2D eigenvalue weighted by molar-refractivity contribution is 5.96. The van der Waals surface area contributed by atoms with E-state index in [-0.39, 0.29) is 11.5 Å². The van der Waals surface area contributed by atoms with Crippen LogP contribution in [-0.4, -0.2) is 10.9 Å². The van der Waals surface area contributed by atoms with Gasteiger partial charge in [-0.15, -0.1) is 0 Å². The molecule has 0 saturated heterocycles. The van der Waals surface area contributed by atoms with Gasteiger partial charge in [0.2, 0.25) is 0 Å². The van der Waals surface area contributed by atoms with Crippen molar-refractivity contribution in [3.05, 3.63) is 35.4 Å². The summed E-state index contributed by atoms with van der Waals surface area (Å²) in [6.45, 7) is 0. The molecule has 0 bridgehead atoms. The fourth-order valence-electron chi connectivity index (χ4n) is 1.93. The Morgan fingerprint density at radius 2 is 1.94 bits per heavy atom. The van der Waals surface area contributed by atoms with Gasteiger partial charge in [0.05, 0.1) is 11.3 Å². The number of oxime groups is 1. The first-order valence-electron chi connectivity index (χ1n) is 4.91. The third kappa shape index (κ3) is 1.77. The van der Waals surface area contributed by atoms with Gasteiger partial charge in [-0.1, -0.05) is 23.4 Å². The van der Waals surface area contributed by atoms with Gasteiger partial charge in [0.1, 0.15) is 0 Å². The van der Waals surface area contributed by atoms with Gasteiger partial charge in [-0.05, 0) is 24.5 Å². The molecule has 1 N–H and O–H groups in total. The van der Waals surface area contributed by atoms with E-state index in [1.165, 1.54) is 12.1 Å². The van der Waals surface area contributed by atoms with E-state index in [1.807, 2.05) is 0 Å². The molecule has 16 heavy (non-hydrogen) atoms. The number of alkyl halides is 3. The monoisotopic (exact) mass is 229 g/mol. The summed E-state index contributed by atoms with van der Waals surface area (Å²) in [4.78, 5) is 0. The second-order valence-corrected chi connectivity index (χ2v) is 3.77. The second kappa shape index (κ2) is 3.81. The van der Waals surface area contributed by atoms with Gasteiger partial charge in [0.15, 0.2) is 0 Å². The maximum absolute atomic E-state index is 12.7. The lowest BCUT2D eigenvalue weighted by molar-refractivity contribution is -0.138. The van der Waals surface area contributed by atoms with Crippen LogP contribution in [0.4, 0.5) is 13.2 Å². The Morgan fingerprint density at radius 3 is 2.44 bits per heavy atom. The molecule has 1 aliphatic carbocycles. The SMILES string of the molecule is O/N=C1/CCC1c1ccccc1C(F)(F)F. The highest BCUT2D eigenvalue weighted by Crippen LogP contribution is 2.41. The Balaban J connectivity index is 2.42. The van der Waals surface area contributed by atoms with Crippen LogP contribution < -0.4 is 0 Å². The quantitative estimate of drug-likeness (QED) is 0.580. The first-order valence-corrected chi connectivity index (χ1v) is 4.91. The minimum Gasteiger partial charge on any atom is -0.411 e. The van der Waals surface area contributed by atoms with Crippen molar-refractivity contribution in [2.45, 2.75) is 24.9 Å². The van der Waals surface area contributed by atoms with Crippen LogP contribution in [0.3, 0.4) is 0 Å². The lowest BCUT2D eigenvalue weighted by Gasteiger charge is -2.29. The summed E-state index contributed by atoms with van der Waals surface area (Å²) >= 11 is 0. The Kier molecular flexibility index (Phi) is 2.61. The molecule has 1 aromatic carbocycles. The number of rotatable bonds is 1. The first kappa shape index (κ1) is 11.0. The summed E-state index contributed by atoms with van der Waals surface area (Å²) in [5, 5.41) is 11.6. The van der Waals surface area contributed by atoms with Crippen molar-refractivity contribution >= 4 is 5.71 Å². The lowest BCUT2D eigenvalue weighted by atomic mass is 9.76. The normalized spacial score (nSPS) is 23.2.